The molecule has 14 heavy (non-hydrogen) atoms. The number of nitrogens with one attached hydrogen (secondary N) is 1. The fraction of sp³-hybridized carbons (Fsp3) is 0.364. The van der Waals surface area contributed by atoms with Crippen LogP contribution in [-0.4, -0.2) is 17.1 Å². The molecule has 0 aliphatic carbocycles. The topological polar surface area (TPSA) is 44.6 Å². The predicted molar refractivity (Wildman–Crippen MR) is 57.8 cm³/mol. The molecule has 3 heteroatoms. The maximum absolute atomic E-state index is 8.92. The summed E-state index contributed by atoms with van der Waals surface area (Å²) in [6.45, 7) is 5.95. The summed E-state index contributed by atoms with van der Waals surface area (Å²) in [7, 11) is 0. The van der Waals surface area contributed by atoms with Crippen LogP contribution in [0.25, 0.3) is 0 Å². The van der Waals surface area contributed by atoms with Gasteiger partial charge in [0.2, 0.25) is 0 Å². The Labute approximate surface area is 84.4 Å². The Bertz CT molecular complexity index is 315. The molecule has 0 saturated heterocycles. The molecule has 0 heterocycles. The Kier molecular flexibility index (Phi) is 3.65. The van der Waals surface area contributed by atoms with Gasteiger partial charge in [0.1, 0.15) is 0 Å². The van der Waals surface area contributed by atoms with E-state index < -0.39 is 0 Å². The van der Waals surface area contributed by atoms with Crippen LogP contribution in [0.5, 0.6) is 0 Å². The van der Waals surface area contributed by atoms with Gasteiger partial charge in [-0.2, -0.15) is 0 Å². The second kappa shape index (κ2) is 4.77. The number of hydroxylamine groups is 1. The Morgan fingerprint density at radius 1 is 1.29 bits per heavy atom. The van der Waals surface area contributed by atoms with Crippen molar-refractivity contribution in [2.24, 2.45) is 4.99 Å². The molecule has 0 aromatic heterocycles. The lowest BCUT2D eigenvalue weighted by atomic mass is 10.1. The minimum absolute atomic E-state index is 0.158. The largest absolute Gasteiger partial charge is 0.290 e. The van der Waals surface area contributed by atoms with Gasteiger partial charge in [-0.1, -0.05) is 29.8 Å². The maximum Gasteiger partial charge on any atom is 0.152 e. The average molecular weight is 192 g/mol. The van der Waals surface area contributed by atoms with Crippen molar-refractivity contribution >= 4 is 5.84 Å². The van der Waals surface area contributed by atoms with Crippen molar-refractivity contribution < 1.29 is 5.21 Å². The highest BCUT2D eigenvalue weighted by atomic mass is 16.5. The third kappa shape index (κ3) is 2.85. The van der Waals surface area contributed by atoms with E-state index in [1.807, 2.05) is 45.0 Å². The Balaban J connectivity index is 2.95. The maximum atomic E-state index is 8.92. The number of aryl methyl sites for hydroxylation is 1. The molecule has 1 aromatic rings. The summed E-state index contributed by atoms with van der Waals surface area (Å²) in [5.41, 5.74) is 4.20. The van der Waals surface area contributed by atoms with Gasteiger partial charge in [0.15, 0.2) is 5.84 Å². The van der Waals surface area contributed by atoms with Crippen LogP contribution in [0, 0.1) is 6.92 Å². The van der Waals surface area contributed by atoms with E-state index >= 15 is 0 Å². The van der Waals surface area contributed by atoms with Crippen LogP contribution in [-0.2, 0) is 0 Å². The molecule has 0 spiro atoms. The molecular weight excluding hydrogens is 176 g/mol. The highest BCUT2D eigenvalue weighted by Crippen LogP contribution is 2.04. The van der Waals surface area contributed by atoms with Gasteiger partial charge >= 0.3 is 0 Å². The van der Waals surface area contributed by atoms with Gasteiger partial charge in [0, 0.05) is 11.6 Å². The van der Waals surface area contributed by atoms with Crippen LogP contribution in [0.1, 0.15) is 25.0 Å². The minimum Gasteiger partial charge on any atom is -0.290 e. The zero-order valence-corrected chi connectivity index (χ0v) is 8.78. The lowest BCUT2D eigenvalue weighted by Crippen LogP contribution is -2.21. The van der Waals surface area contributed by atoms with E-state index in [0.29, 0.717) is 5.84 Å². The van der Waals surface area contributed by atoms with Gasteiger partial charge in [-0.25, -0.2) is 0 Å². The molecule has 76 valence electrons. The molecule has 0 unspecified atom stereocenters. The minimum atomic E-state index is 0.158. The van der Waals surface area contributed by atoms with Crippen molar-refractivity contribution in [2.45, 2.75) is 26.8 Å². The summed E-state index contributed by atoms with van der Waals surface area (Å²) in [6.07, 6.45) is 0. The average Bonchev–Trinajstić information content (AvgIpc) is 2.15. The monoisotopic (exact) mass is 192 g/mol. The molecule has 1 rings (SSSR count). The molecule has 0 atom stereocenters. The summed E-state index contributed by atoms with van der Waals surface area (Å²) >= 11 is 0. The van der Waals surface area contributed by atoms with E-state index in [1.54, 1.807) is 0 Å². The van der Waals surface area contributed by atoms with Crippen LogP contribution < -0.4 is 5.48 Å². The second-order valence-electron chi connectivity index (χ2n) is 3.55. The predicted octanol–water partition coefficient (Wildman–Crippen LogP) is 2.13. The van der Waals surface area contributed by atoms with E-state index in [4.69, 9.17) is 5.21 Å². The Morgan fingerprint density at radius 3 is 2.29 bits per heavy atom. The summed E-state index contributed by atoms with van der Waals surface area (Å²) in [5.74, 6) is 0.514. The lowest BCUT2D eigenvalue weighted by Gasteiger charge is -2.06. The van der Waals surface area contributed by atoms with Crippen LogP contribution in [0.4, 0.5) is 0 Å². The molecule has 0 amide bonds. The van der Waals surface area contributed by atoms with Crippen molar-refractivity contribution in [3.63, 3.8) is 0 Å². The molecule has 1 aromatic carbocycles. The first-order valence-electron chi connectivity index (χ1n) is 4.68. The number of hydrogen-bond acceptors (Lipinski definition) is 2. The quantitative estimate of drug-likeness (QED) is 0.428. The van der Waals surface area contributed by atoms with Crippen LogP contribution in [0.2, 0.25) is 0 Å². The van der Waals surface area contributed by atoms with Crippen molar-refractivity contribution in [3.05, 3.63) is 35.4 Å². The zero-order valence-electron chi connectivity index (χ0n) is 8.78. The fourth-order valence-corrected chi connectivity index (χ4v) is 1.14. The fourth-order valence-electron chi connectivity index (χ4n) is 1.14. The second-order valence-corrected chi connectivity index (χ2v) is 3.55. The molecule has 0 aliphatic heterocycles. The number of nitrogens with zero attached hydrogens (tertiary/aromatic N) is 1. The van der Waals surface area contributed by atoms with Gasteiger partial charge in [0.05, 0.1) is 0 Å². The Hall–Kier alpha value is -1.35. The summed E-state index contributed by atoms with van der Waals surface area (Å²) in [4.78, 5) is 4.25. The number of hydrogen-bond donors (Lipinski definition) is 2. The summed E-state index contributed by atoms with van der Waals surface area (Å²) in [5, 5.41) is 8.92. The van der Waals surface area contributed by atoms with E-state index in [1.165, 1.54) is 5.56 Å². The van der Waals surface area contributed by atoms with Gasteiger partial charge in [0.25, 0.3) is 0 Å². The third-order valence-electron chi connectivity index (χ3n) is 1.82. The summed E-state index contributed by atoms with van der Waals surface area (Å²) < 4.78 is 0. The normalized spacial score (nSPS) is 11.9. The lowest BCUT2D eigenvalue weighted by molar-refractivity contribution is 0.234. The molecule has 0 fully saturated rings. The van der Waals surface area contributed by atoms with Crippen molar-refractivity contribution in [1.29, 1.82) is 0 Å². The van der Waals surface area contributed by atoms with Crippen molar-refractivity contribution in [3.8, 4) is 0 Å². The molecule has 0 radical (unpaired) electrons. The van der Waals surface area contributed by atoms with E-state index in [2.05, 4.69) is 10.5 Å². The van der Waals surface area contributed by atoms with Crippen LogP contribution >= 0.6 is 0 Å². The van der Waals surface area contributed by atoms with Gasteiger partial charge in [-0.3, -0.25) is 15.7 Å². The molecule has 3 nitrogen and oxygen atoms in total. The van der Waals surface area contributed by atoms with Crippen LogP contribution in [0.15, 0.2) is 29.3 Å². The van der Waals surface area contributed by atoms with Crippen molar-refractivity contribution in [2.75, 3.05) is 0 Å². The number of rotatable bonds is 2. The highest BCUT2D eigenvalue weighted by Gasteiger charge is 2.01. The number of amidine groups is 1. The zero-order chi connectivity index (χ0) is 10.6. The molecule has 0 bridgehead atoms. The van der Waals surface area contributed by atoms with Gasteiger partial charge < -0.3 is 0 Å². The first-order chi connectivity index (χ1) is 6.63. The van der Waals surface area contributed by atoms with Gasteiger partial charge in [-0.05, 0) is 20.8 Å². The smallest absolute Gasteiger partial charge is 0.152 e. The number of benzene rings is 1. The van der Waals surface area contributed by atoms with E-state index in [-0.39, 0.29) is 6.04 Å². The first-order valence-corrected chi connectivity index (χ1v) is 4.68. The third-order valence-corrected chi connectivity index (χ3v) is 1.82. The standard InChI is InChI=1S/C11H16N2O/c1-8(2)12-11(13-14)10-6-4-9(3)5-7-10/h4-8,14H,1-3H3,(H,12,13). The Morgan fingerprint density at radius 2 is 1.86 bits per heavy atom. The van der Waals surface area contributed by atoms with Crippen molar-refractivity contribution in [1.82, 2.24) is 5.48 Å². The van der Waals surface area contributed by atoms with E-state index in [9.17, 15) is 0 Å². The summed E-state index contributed by atoms with van der Waals surface area (Å²) in [6, 6.07) is 8.00. The van der Waals surface area contributed by atoms with E-state index in [0.717, 1.165) is 5.56 Å². The van der Waals surface area contributed by atoms with Crippen LogP contribution in [0.3, 0.4) is 0 Å². The molecule has 0 aliphatic rings. The van der Waals surface area contributed by atoms with Gasteiger partial charge in [-0.15, -0.1) is 0 Å². The number of aliphatic imine (C=N–C) groups is 1. The molecular formula is C11H16N2O. The molecule has 0 saturated carbocycles. The SMILES string of the molecule is Cc1ccc(C(=NC(C)C)NO)cc1. The highest BCUT2D eigenvalue weighted by molar-refractivity contribution is 5.98. The molecule has 2 N–H and O–H groups in total. The first kappa shape index (κ1) is 10.7.